The van der Waals surface area contributed by atoms with Crippen molar-refractivity contribution >= 4 is 33.6 Å². The Morgan fingerprint density at radius 2 is 1.50 bits per heavy atom. The number of aliphatic imine (C=N–C) groups is 1. The van der Waals surface area contributed by atoms with Gasteiger partial charge in [-0.05, 0) is 17.9 Å². The molecule has 5 heteroatoms. The predicted octanol–water partition coefficient (Wildman–Crippen LogP) is 7.74. The van der Waals surface area contributed by atoms with E-state index in [1.165, 1.54) is 63.0 Å². The minimum absolute atomic E-state index is 0.0669. The fraction of sp³-hybridized carbons (Fsp3) is 0.548. The van der Waals surface area contributed by atoms with Gasteiger partial charge in [-0.1, -0.05) is 44.2 Å². The number of amidine groups is 2. The molecule has 0 aliphatic rings. The van der Waals surface area contributed by atoms with Gasteiger partial charge in [0.1, 0.15) is 0 Å². The first kappa shape index (κ1) is 32.2. The molecule has 0 saturated carbocycles. The summed E-state index contributed by atoms with van der Waals surface area (Å²) in [5.41, 5.74) is 14.0. The van der Waals surface area contributed by atoms with Gasteiger partial charge in [-0.3, -0.25) is 0 Å². The summed E-state index contributed by atoms with van der Waals surface area (Å²) < 4.78 is 6.06. The quantitative estimate of drug-likeness (QED) is 0.111. The first-order chi connectivity index (χ1) is 17.3. The van der Waals surface area contributed by atoms with E-state index < -0.39 is 18.4 Å². The van der Waals surface area contributed by atoms with E-state index in [0.29, 0.717) is 18.3 Å². The van der Waals surface area contributed by atoms with Crippen LogP contribution in [0.15, 0.2) is 59.6 Å². The fourth-order valence-electron chi connectivity index (χ4n) is 4.78. The summed E-state index contributed by atoms with van der Waals surface area (Å²) in [4.78, 5) is 4.42. The van der Waals surface area contributed by atoms with E-state index >= 15 is 0 Å². The molecule has 0 saturated heterocycles. The van der Waals surface area contributed by atoms with Gasteiger partial charge < -0.3 is 0 Å². The average molecular weight is 599 g/mol. The number of unbranched alkanes of at least 4 members (excludes halogenated alkanes) is 2. The number of rotatable bonds is 15. The van der Waals surface area contributed by atoms with E-state index in [9.17, 15) is 0 Å². The Morgan fingerprint density at radius 3 is 2.03 bits per heavy atom. The molecule has 0 aliphatic carbocycles. The second kappa shape index (κ2) is 18.4. The van der Waals surface area contributed by atoms with E-state index in [-0.39, 0.29) is 12.3 Å². The number of nitrogens with zero attached hydrogens (tertiary/aromatic N) is 1. The van der Waals surface area contributed by atoms with Crippen LogP contribution in [0.5, 0.6) is 0 Å². The van der Waals surface area contributed by atoms with E-state index in [1.807, 2.05) is 0 Å². The van der Waals surface area contributed by atoms with Crippen LogP contribution >= 0.6 is 0 Å². The van der Waals surface area contributed by atoms with E-state index in [4.69, 9.17) is 16.9 Å². The molecule has 0 aliphatic heterocycles. The van der Waals surface area contributed by atoms with Crippen molar-refractivity contribution in [3.05, 3.63) is 65.7 Å². The molecule has 0 aromatic heterocycles. The summed E-state index contributed by atoms with van der Waals surface area (Å²) >= 11 is -2.35. The molecule has 0 spiro atoms. The molecular formula is C31H52N4Sn. The van der Waals surface area contributed by atoms with Crippen molar-refractivity contribution in [2.24, 2.45) is 16.5 Å². The van der Waals surface area contributed by atoms with Gasteiger partial charge in [0, 0.05) is 0 Å². The third kappa shape index (κ3) is 11.9. The zero-order chi connectivity index (χ0) is 26.8. The van der Waals surface area contributed by atoms with Crippen LogP contribution in [0.3, 0.4) is 0 Å². The van der Waals surface area contributed by atoms with Gasteiger partial charge in [0.05, 0.1) is 0 Å². The third-order valence-corrected chi connectivity index (χ3v) is 23.1. The van der Waals surface area contributed by atoms with Gasteiger partial charge >= 0.3 is 164 Å². The molecule has 200 valence electrons. The Bertz CT molecular complexity index is 886. The molecule has 0 heterocycles. The zero-order valence-electron chi connectivity index (χ0n) is 23.7. The fourth-order valence-corrected chi connectivity index (χ4v) is 20.7. The molecule has 1 atom stereocenters. The SMILES string of the molecule is CCC(C)c1ccccc1.CCC[CH2][Sn]([CH2]CC)([CH2]CCC)[c]1cccc(CN=C(N)CC(=N)N)c1. The molecule has 1 unspecified atom stereocenters. The van der Waals surface area contributed by atoms with Gasteiger partial charge in [-0.25, -0.2) is 0 Å². The molecule has 36 heavy (non-hydrogen) atoms. The number of benzene rings is 2. The van der Waals surface area contributed by atoms with Gasteiger partial charge in [0.2, 0.25) is 0 Å². The summed E-state index contributed by atoms with van der Waals surface area (Å²) in [5.74, 6) is 1.22. The molecule has 2 aromatic rings. The van der Waals surface area contributed by atoms with Gasteiger partial charge in [-0.2, -0.15) is 0 Å². The molecule has 4 nitrogen and oxygen atoms in total. The van der Waals surface area contributed by atoms with Gasteiger partial charge in [0.15, 0.2) is 0 Å². The third-order valence-electron chi connectivity index (χ3n) is 7.10. The molecular weight excluding hydrogens is 547 g/mol. The topological polar surface area (TPSA) is 88.2 Å². The molecule has 0 radical (unpaired) electrons. The van der Waals surface area contributed by atoms with Crippen LogP contribution in [-0.4, -0.2) is 30.0 Å². The summed E-state index contributed by atoms with van der Waals surface area (Å²) in [5, 5.41) is 7.32. The van der Waals surface area contributed by atoms with Crippen molar-refractivity contribution in [3.63, 3.8) is 0 Å². The molecule has 0 fully saturated rings. The van der Waals surface area contributed by atoms with Crippen LogP contribution < -0.4 is 15.0 Å². The molecule has 2 rings (SSSR count). The summed E-state index contributed by atoms with van der Waals surface area (Å²) in [7, 11) is 0. The van der Waals surface area contributed by atoms with Gasteiger partial charge in [-0.15, -0.1) is 0 Å². The average Bonchev–Trinajstić information content (AvgIpc) is 2.89. The van der Waals surface area contributed by atoms with E-state index in [0.717, 1.165) is 0 Å². The van der Waals surface area contributed by atoms with Crippen molar-refractivity contribution in [1.82, 2.24) is 0 Å². The Balaban J connectivity index is 0.000000537. The maximum atomic E-state index is 7.32. The van der Waals surface area contributed by atoms with Crippen LogP contribution in [0.25, 0.3) is 0 Å². The molecule has 5 N–H and O–H groups in total. The monoisotopic (exact) mass is 600 g/mol. The van der Waals surface area contributed by atoms with Crippen molar-refractivity contribution < 1.29 is 0 Å². The predicted molar refractivity (Wildman–Crippen MR) is 163 cm³/mol. The first-order valence-corrected chi connectivity index (χ1v) is 21.6. The van der Waals surface area contributed by atoms with Crippen LogP contribution in [0.4, 0.5) is 0 Å². The Labute approximate surface area is 225 Å². The van der Waals surface area contributed by atoms with E-state index in [2.05, 4.69) is 94.2 Å². The second-order valence-corrected chi connectivity index (χ2v) is 23.4. The summed E-state index contributed by atoms with van der Waals surface area (Å²) in [6, 6.07) is 19.8. The molecule has 2 aromatic carbocycles. The number of nitrogens with one attached hydrogen (secondary N) is 1. The maximum absolute atomic E-state index is 7.32. The van der Waals surface area contributed by atoms with Crippen LogP contribution in [0, 0.1) is 5.41 Å². The summed E-state index contributed by atoms with van der Waals surface area (Å²) in [6.07, 6.45) is 8.11. The van der Waals surface area contributed by atoms with Gasteiger partial charge in [0.25, 0.3) is 0 Å². The number of hydrogen-bond donors (Lipinski definition) is 3. The zero-order valence-corrected chi connectivity index (χ0v) is 26.5. The Kier molecular flexibility index (Phi) is 16.5. The molecule has 0 amide bonds. The van der Waals surface area contributed by atoms with Crippen molar-refractivity contribution in [1.29, 1.82) is 5.41 Å². The summed E-state index contributed by atoms with van der Waals surface area (Å²) in [6.45, 7) is 12.0. The van der Waals surface area contributed by atoms with Crippen LogP contribution in [0.1, 0.15) is 96.6 Å². The van der Waals surface area contributed by atoms with Crippen LogP contribution in [0.2, 0.25) is 13.3 Å². The number of nitrogens with two attached hydrogens (primary N) is 2. The van der Waals surface area contributed by atoms with Crippen molar-refractivity contribution in [2.75, 3.05) is 0 Å². The van der Waals surface area contributed by atoms with E-state index in [1.54, 1.807) is 3.58 Å². The normalized spacial score (nSPS) is 12.5. The Morgan fingerprint density at radius 1 is 0.861 bits per heavy atom. The van der Waals surface area contributed by atoms with Crippen molar-refractivity contribution in [3.8, 4) is 0 Å². The van der Waals surface area contributed by atoms with Crippen LogP contribution in [-0.2, 0) is 6.54 Å². The Hall–Kier alpha value is -1.82. The minimum atomic E-state index is -2.35. The van der Waals surface area contributed by atoms with Crippen molar-refractivity contribution in [2.45, 2.75) is 105 Å². The number of hydrogen-bond acceptors (Lipinski definition) is 2. The second-order valence-electron chi connectivity index (χ2n) is 10.2. The standard InChI is InChI=1S/C10H13N4.C10H14.2C4H9.C3H7.Sn/c11-9(12)6-10(13)14-7-8-4-2-1-3-5-8;1-3-9(2)10-7-5-4-6-8-10;2*1-3-4-2;1-3-2;/h1-2,4-5H,6-7H2,(H3,11,12)(H2,13,14);4-9H,3H2,1-2H3;2*1,3-4H2,2H3;1,3H2,2H3;. The first-order valence-electron chi connectivity index (χ1n) is 14.1. The molecule has 0 bridgehead atoms.